The fourth-order valence-corrected chi connectivity index (χ4v) is 1.38. The van der Waals surface area contributed by atoms with Crippen LogP contribution >= 0.6 is 0 Å². The van der Waals surface area contributed by atoms with Gasteiger partial charge < -0.3 is 5.73 Å². The topological polar surface area (TPSA) is 69.6 Å². The van der Waals surface area contributed by atoms with Crippen LogP contribution < -0.4 is 11.3 Å². The first-order chi connectivity index (χ1) is 6.61. The van der Waals surface area contributed by atoms with Gasteiger partial charge in [-0.1, -0.05) is 0 Å². The van der Waals surface area contributed by atoms with Crippen molar-refractivity contribution in [2.24, 2.45) is 0 Å². The number of hydrogen-bond donors (Lipinski definition) is 1. The smallest absolute Gasteiger partial charge is 0.185 e. The third kappa shape index (κ3) is 1.14. The molecule has 0 fully saturated rings. The molecule has 2 rings (SSSR count). The highest BCUT2D eigenvalue weighted by molar-refractivity contribution is 6.38. The highest BCUT2D eigenvalue weighted by Gasteiger charge is 2.12. The Kier molecular flexibility index (Phi) is 1.91. The summed E-state index contributed by atoms with van der Waals surface area (Å²) in [5, 5.41) is 4.87. The molecule has 0 atom stereocenters. The van der Waals surface area contributed by atoms with Gasteiger partial charge in [-0.2, -0.15) is 5.10 Å². The third-order valence-corrected chi connectivity index (χ3v) is 2.05. The highest BCUT2D eigenvalue weighted by Crippen LogP contribution is 2.13. The number of aromatic nitrogens is 4. The molecule has 14 heavy (non-hydrogen) atoms. The molecule has 0 spiro atoms. The summed E-state index contributed by atoms with van der Waals surface area (Å²) in [5.74, 6) is 0.374. The van der Waals surface area contributed by atoms with Crippen LogP contribution in [0.2, 0.25) is 0 Å². The average Bonchev–Trinajstić information content (AvgIpc) is 2.45. The Labute approximate surface area is 82.7 Å². The molecule has 2 N–H and O–H groups in total. The Morgan fingerprint density at radius 1 is 1.43 bits per heavy atom. The lowest BCUT2D eigenvalue weighted by Crippen LogP contribution is -2.21. The number of fused-ring (bicyclic) bond motifs is 1. The largest absolute Gasteiger partial charge is 0.383 e. The van der Waals surface area contributed by atoms with E-state index in [1.165, 1.54) is 6.33 Å². The maximum Gasteiger partial charge on any atom is 0.185 e. The number of rotatable bonds is 1. The maximum absolute atomic E-state index is 5.88. The van der Waals surface area contributed by atoms with Crippen molar-refractivity contribution in [2.75, 3.05) is 5.73 Å². The minimum atomic E-state index is 0.184. The minimum absolute atomic E-state index is 0.184. The number of nitrogens with two attached hydrogens (primary N) is 1. The highest BCUT2D eigenvalue weighted by atomic mass is 15.3. The van der Waals surface area contributed by atoms with E-state index in [1.54, 1.807) is 4.68 Å². The van der Waals surface area contributed by atoms with E-state index < -0.39 is 0 Å². The minimum Gasteiger partial charge on any atom is -0.383 e. The van der Waals surface area contributed by atoms with Crippen LogP contribution in [0.3, 0.4) is 0 Å². The van der Waals surface area contributed by atoms with Crippen LogP contribution in [-0.2, 0) is 0 Å². The zero-order valence-electron chi connectivity index (χ0n) is 8.10. The van der Waals surface area contributed by atoms with Crippen molar-refractivity contribution in [1.82, 2.24) is 19.7 Å². The Morgan fingerprint density at radius 2 is 2.14 bits per heavy atom. The normalized spacial score (nSPS) is 11.4. The molecular formula is C8H10BN5. The second-order valence-corrected chi connectivity index (χ2v) is 3.38. The monoisotopic (exact) mass is 187 g/mol. The van der Waals surface area contributed by atoms with Crippen molar-refractivity contribution in [3.05, 3.63) is 6.33 Å². The number of hydrogen-bond acceptors (Lipinski definition) is 4. The summed E-state index contributed by atoms with van der Waals surface area (Å²) in [6.07, 6.45) is 1.38. The number of nitrogen functional groups attached to an aromatic ring is 1. The summed E-state index contributed by atoms with van der Waals surface area (Å²) >= 11 is 0. The zero-order valence-corrected chi connectivity index (χ0v) is 8.10. The van der Waals surface area contributed by atoms with Crippen molar-refractivity contribution in [2.45, 2.75) is 19.9 Å². The Bertz CT molecular complexity index is 476. The molecule has 2 radical (unpaired) electrons. The van der Waals surface area contributed by atoms with Gasteiger partial charge in [0.1, 0.15) is 20.0 Å². The maximum atomic E-state index is 5.88. The van der Waals surface area contributed by atoms with E-state index in [9.17, 15) is 0 Å². The van der Waals surface area contributed by atoms with Crippen LogP contribution in [0.4, 0.5) is 5.82 Å². The molecule has 0 saturated heterocycles. The van der Waals surface area contributed by atoms with E-state index in [-0.39, 0.29) is 6.04 Å². The summed E-state index contributed by atoms with van der Waals surface area (Å²) in [4.78, 5) is 7.88. The molecule has 0 aliphatic carbocycles. The first-order valence-corrected chi connectivity index (χ1v) is 4.35. The second kappa shape index (κ2) is 2.97. The molecule has 0 saturated carbocycles. The van der Waals surface area contributed by atoms with E-state index in [4.69, 9.17) is 13.6 Å². The Morgan fingerprint density at radius 3 is 2.71 bits per heavy atom. The van der Waals surface area contributed by atoms with Crippen molar-refractivity contribution in [3.63, 3.8) is 0 Å². The Balaban J connectivity index is 2.81. The van der Waals surface area contributed by atoms with Crippen LogP contribution in [0.5, 0.6) is 0 Å². The summed E-state index contributed by atoms with van der Waals surface area (Å²) in [6, 6.07) is 0.184. The van der Waals surface area contributed by atoms with Gasteiger partial charge in [0.15, 0.2) is 5.65 Å². The molecule has 70 valence electrons. The first kappa shape index (κ1) is 8.99. The molecule has 0 bridgehead atoms. The van der Waals surface area contributed by atoms with E-state index in [0.29, 0.717) is 22.4 Å². The molecule has 6 heteroatoms. The van der Waals surface area contributed by atoms with E-state index in [1.807, 2.05) is 13.8 Å². The van der Waals surface area contributed by atoms with E-state index in [0.717, 1.165) is 0 Å². The summed E-state index contributed by atoms with van der Waals surface area (Å²) in [5.41, 5.74) is 6.75. The zero-order chi connectivity index (χ0) is 10.3. The third-order valence-electron chi connectivity index (χ3n) is 2.05. The molecule has 2 heterocycles. The van der Waals surface area contributed by atoms with E-state index in [2.05, 4.69) is 15.1 Å². The van der Waals surface area contributed by atoms with Gasteiger partial charge in [-0.3, -0.25) is 4.68 Å². The fraction of sp³-hybridized carbons (Fsp3) is 0.375. The predicted octanol–water partition coefficient (Wildman–Crippen LogP) is -0.217. The molecule has 0 amide bonds. The van der Waals surface area contributed by atoms with Gasteiger partial charge >= 0.3 is 0 Å². The summed E-state index contributed by atoms with van der Waals surface area (Å²) < 4.78 is 1.69. The van der Waals surface area contributed by atoms with Crippen molar-refractivity contribution < 1.29 is 0 Å². The van der Waals surface area contributed by atoms with Crippen LogP contribution in [0.15, 0.2) is 6.33 Å². The van der Waals surface area contributed by atoms with Crippen molar-refractivity contribution in [1.29, 1.82) is 0 Å². The van der Waals surface area contributed by atoms with Crippen LogP contribution in [0.1, 0.15) is 19.9 Å². The van der Waals surface area contributed by atoms with Gasteiger partial charge in [-0.25, -0.2) is 9.97 Å². The quantitative estimate of drug-likeness (QED) is 0.626. The Hall–Kier alpha value is -1.59. The van der Waals surface area contributed by atoms with Crippen LogP contribution in [0.25, 0.3) is 11.0 Å². The molecule has 0 aromatic carbocycles. The number of nitrogens with zero attached hydrogens (tertiary/aromatic N) is 4. The second-order valence-electron chi connectivity index (χ2n) is 3.38. The van der Waals surface area contributed by atoms with Gasteiger partial charge in [0.05, 0.1) is 5.39 Å². The molecule has 0 aliphatic heterocycles. The first-order valence-electron chi connectivity index (χ1n) is 4.35. The SMILES string of the molecule is [B]c1c2c(N)ncnc2nn1C(C)C. The predicted molar refractivity (Wildman–Crippen MR) is 55.5 cm³/mol. The van der Waals surface area contributed by atoms with Crippen molar-refractivity contribution in [3.8, 4) is 0 Å². The lowest BCUT2D eigenvalue weighted by atomic mass is 10.0. The van der Waals surface area contributed by atoms with Gasteiger partial charge in [0.25, 0.3) is 0 Å². The molecule has 5 nitrogen and oxygen atoms in total. The lowest BCUT2D eigenvalue weighted by Gasteiger charge is -2.07. The standard InChI is InChI=1S/C8H10BN5/c1-4(2)14-6(9)5-7(10)11-3-12-8(5)13-14/h3-4H,1-2H3,(H2,10,11,12,13). The lowest BCUT2D eigenvalue weighted by molar-refractivity contribution is 0.550. The molecule has 2 aromatic rings. The average molecular weight is 187 g/mol. The molecule has 0 aliphatic rings. The van der Waals surface area contributed by atoms with Crippen LogP contribution in [-0.4, -0.2) is 27.6 Å². The van der Waals surface area contributed by atoms with Gasteiger partial charge in [-0.15, -0.1) is 0 Å². The van der Waals surface area contributed by atoms with Gasteiger partial charge in [0, 0.05) is 6.04 Å². The van der Waals surface area contributed by atoms with Gasteiger partial charge in [-0.05, 0) is 19.4 Å². The summed E-state index contributed by atoms with van der Waals surface area (Å²) in [7, 11) is 5.88. The summed E-state index contributed by atoms with van der Waals surface area (Å²) in [6.45, 7) is 3.98. The van der Waals surface area contributed by atoms with E-state index >= 15 is 0 Å². The molecule has 2 aromatic heterocycles. The molecule has 0 unspecified atom stereocenters. The fourth-order valence-electron chi connectivity index (χ4n) is 1.38. The van der Waals surface area contributed by atoms with Gasteiger partial charge in [0.2, 0.25) is 0 Å². The number of anilines is 1. The van der Waals surface area contributed by atoms with Crippen molar-refractivity contribution >= 4 is 30.3 Å². The molecular weight excluding hydrogens is 177 g/mol. The van der Waals surface area contributed by atoms with Crippen LogP contribution in [0, 0.1) is 0 Å².